The summed E-state index contributed by atoms with van der Waals surface area (Å²) in [6.07, 6.45) is 6.04. The average molecular weight is 238 g/mol. The summed E-state index contributed by atoms with van der Waals surface area (Å²) in [7, 11) is 0. The van der Waals surface area contributed by atoms with Crippen molar-refractivity contribution < 1.29 is 10.2 Å². The molecule has 0 aromatic heterocycles. The second kappa shape index (κ2) is 4.95. The van der Waals surface area contributed by atoms with E-state index in [-0.39, 0.29) is 11.5 Å². The number of hydrogen-bond acceptors (Lipinski definition) is 2. The molecule has 0 saturated carbocycles. The van der Waals surface area contributed by atoms with Crippen LogP contribution in [0.2, 0.25) is 0 Å². The molecule has 0 aromatic rings. The molecular formula is C15H26O2. The van der Waals surface area contributed by atoms with E-state index >= 15 is 0 Å². The highest BCUT2D eigenvalue weighted by Crippen LogP contribution is 2.41. The van der Waals surface area contributed by atoms with Gasteiger partial charge in [-0.15, -0.1) is 0 Å². The lowest BCUT2D eigenvalue weighted by atomic mass is 9.71. The maximum atomic E-state index is 10.0. The highest BCUT2D eigenvalue weighted by molar-refractivity contribution is 5.35. The van der Waals surface area contributed by atoms with Gasteiger partial charge in [-0.05, 0) is 49.7 Å². The molecule has 98 valence electrons. The SMILES string of the molecule is CCC(C)(O)C=CC1=C(C)C(O)CCC1(C)C. The summed E-state index contributed by atoms with van der Waals surface area (Å²) in [6, 6.07) is 0. The van der Waals surface area contributed by atoms with Crippen LogP contribution in [0, 0.1) is 5.41 Å². The minimum Gasteiger partial charge on any atom is -0.389 e. The van der Waals surface area contributed by atoms with Crippen LogP contribution in [-0.4, -0.2) is 21.9 Å². The van der Waals surface area contributed by atoms with Crippen LogP contribution in [0.15, 0.2) is 23.3 Å². The number of rotatable bonds is 3. The van der Waals surface area contributed by atoms with E-state index < -0.39 is 5.60 Å². The van der Waals surface area contributed by atoms with Gasteiger partial charge < -0.3 is 10.2 Å². The zero-order valence-corrected chi connectivity index (χ0v) is 11.7. The third-order valence-electron chi connectivity index (χ3n) is 4.02. The predicted octanol–water partition coefficient (Wildman–Crippen LogP) is 3.20. The Morgan fingerprint density at radius 3 is 2.59 bits per heavy atom. The van der Waals surface area contributed by atoms with Crippen molar-refractivity contribution >= 4 is 0 Å². The summed E-state index contributed by atoms with van der Waals surface area (Å²) in [5.74, 6) is 0. The Morgan fingerprint density at radius 1 is 1.47 bits per heavy atom. The van der Waals surface area contributed by atoms with E-state index in [2.05, 4.69) is 13.8 Å². The molecule has 0 spiro atoms. The summed E-state index contributed by atoms with van der Waals surface area (Å²) < 4.78 is 0. The number of aliphatic hydroxyl groups excluding tert-OH is 1. The van der Waals surface area contributed by atoms with Crippen molar-refractivity contribution in [2.45, 2.75) is 65.6 Å². The molecule has 2 N–H and O–H groups in total. The van der Waals surface area contributed by atoms with Crippen LogP contribution >= 0.6 is 0 Å². The van der Waals surface area contributed by atoms with Gasteiger partial charge in [-0.2, -0.15) is 0 Å². The summed E-state index contributed by atoms with van der Waals surface area (Å²) in [4.78, 5) is 0. The molecule has 1 aliphatic carbocycles. The van der Waals surface area contributed by atoms with Gasteiger partial charge in [-0.3, -0.25) is 0 Å². The normalized spacial score (nSPS) is 28.5. The number of hydrogen-bond donors (Lipinski definition) is 2. The summed E-state index contributed by atoms with van der Waals surface area (Å²) in [6.45, 7) is 10.2. The molecule has 0 aliphatic heterocycles. The van der Waals surface area contributed by atoms with Crippen molar-refractivity contribution in [2.75, 3.05) is 0 Å². The van der Waals surface area contributed by atoms with Gasteiger partial charge in [0.2, 0.25) is 0 Å². The van der Waals surface area contributed by atoms with E-state index in [4.69, 9.17) is 0 Å². The molecule has 0 radical (unpaired) electrons. The monoisotopic (exact) mass is 238 g/mol. The standard InChI is InChI=1S/C15H26O2/c1-6-15(5,17)10-7-12-11(2)13(16)8-9-14(12,3)4/h7,10,13,16-17H,6,8-9H2,1-5H3. The summed E-state index contributed by atoms with van der Waals surface area (Å²) in [5.41, 5.74) is 1.55. The summed E-state index contributed by atoms with van der Waals surface area (Å²) in [5, 5.41) is 19.9. The molecule has 0 saturated heterocycles. The van der Waals surface area contributed by atoms with Gasteiger partial charge in [-0.1, -0.05) is 32.9 Å². The molecule has 0 fully saturated rings. The maximum Gasteiger partial charge on any atom is 0.0800 e. The molecule has 2 nitrogen and oxygen atoms in total. The molecule has 2 atom stereocenters. The third kappa shape index (κ3) is 3.43. The van der Waals surface area contributed by atoms with E-state index in [1.807, 2.05) is 32.9 Å². The van der Waals surface area contributed by atoms with Gasteiger partial charge in [-0.25, -0.2) is 0 Å². The lowest BCUT2D eigenvalue weighted by Gasteiger charge is -2.35. The highest BCUT2D eigenvalue weighted by Gasteiger charge is 2.31. The Balaban J connectivity index is 3.04. The quantitative estimate of drug-likeness (QED) is 0.792. The fourth-order valence-corrected chi connectivity index (χ4v) is 2.30. The molecular weight excluding hydrogens is 212 g/mol. The Bertz CT molecular complexity index is 335. The van der Waals surface area contributed by atoms with Gasteiger partial charge in [0, 0.05) is 0 Å². The average Bonchev–Trinajstić information content (AvgIpc) is 2.24. The Morgan fingerprint density at radius 2 is 2.06 bits per heavy atom. The van der Waals surface area contributed by atoms with Crippen LogP contribution in [-0.2, 0) is 0 Å². The largest absolute Gasteiger partial charge is 0.389 e. The van der Waals surface area contributed by atoms with Crippen molar-refractivity contribution in [3.05, 3.63) is 23.3 Å². The zero-order valence-electron chi connectivity index (χ0n) is 11.7. The minimum absolute atomic E-state index is 0.0869. The third-order valence-corrected chi connectivity index (χ3v) is 4.02. The molecule has 0 aromatic carbocycles. The van der Waals surface area contributed by atoms with Crippen LogP contribution in [0.4, 0.5) is 0 Å². The van der Waals surface area contributed by atoms with Crippen molar-refractivity contribution in [1.82, 2.24) is 0 Å². The number of aliphatic hydroxyl groups is 2. The van der Waals surface area contributed by atoms with Crippen molar-refractivity contribution in [2.24, 2.45) is 5.41 Å². The molecule has 0 amide bonds. The first-order valence-electron chi connectivity index (χ1n) is 6.50. The van der Waals surface area contributed by atoms with Crippen LogP contribution < -0.4 is 0 Å². The van der Waals surface area contributed by atoms with E-state index in [0.717, 1.165) is 18.4 Å². The van der Waals surface area contributed by atoms with E-state index in [1.54, 1.807) is 0 Å². The summed E-state index contributed by atoms with van der Waals surface area (Å²) >= 11 is 0. The Kier molecular flexibility index (Phi) is 4.21. The lowest BCUT2D eigenvalue weighted by molar-refractivity contribution is 0.107. The molecule has 1 rings (SSSR count). The van der Waals surface area contributed by atoms with Crippen LogP contribution in [0.1, 0.15) is 53.9 Å². The Labute approximate surface area is 105 Å². The van der Waals surface area contributed by atoms with Gasteiger partial charge in [0.25, 0.3) is 0 Å². The maximum absolute atomic E-state index is 10.0. The first kappa shape index (κ1) is 14.5. The second-order valence-corrected chi connectivity index (χ2v) is 6.08. The van der Waals surface area contributed by atoms with Gasteiger partial charge in [0.1, 0.15) is 0 Å². The topological polar surface area (TPSA) is 40.5 Å². The fraction of sp³-hybridized carbons (Fsp3) is 0.733. The van der Waals surface area contributed by atoms with Crippen LogP contribution in [0.3, 0.4) is 0 Å². The molecule has 17 heavy (non-hydrogen) atoms. The van der Waals surface area contributed by atoms with E-state index in [9.17, 15) is 10.2 Å². The van der Waals surface area contributed by atoms with Gasteiger partial charge >= 0.3 is 0 Å². The lowest BCUT2D eigenvalue weighted by Crippen LogP contribution is -2.28. The van der Waals surface area contributed by atoms with E-state index in [1.165, 1.54) is 5.57 Å². The van der Waals surface area contributed by atoms with E-state index in [0.29, 0.717) is 6.42 Å². The smallest absolute Gasteiger partial charge is 0.0800 e. The Hall–Kier alpha value is -0.600. The molecule has 1 aliphatic rings. The second-order valence-electron chi connectivity index (χ2n) is 6.08. The van der Waals surface area contributed by atoms with Crippen molar-refractivity contribution in [3.63, 3.8) is 0 Å². The van der Waals surface area contributed by atoms with Gasteiger partial charge in [0.05, 0.1) is 11.7 Å². The van der Waals surface area contributed by atoms with Crippen LogP contribution in [0.25, 0.3) is 0 Å². The molecule has 2 unspecified atom stereocenters. The van der Waals surface area contributed by atoms with Crippen molar-refractivity contribution in [3.8, 4) is 0 Å². The van der Waals surface area contributed by atoms with Crippen molar-refractivity contribution in [1.29, 1.82) is 0 Å². The molecule has 0 heterocycles. The molecule has 0 bridgehead atoms. The predicted molar refractivity (Wildman–Crippen MR) is 71.8 cm³/mol. The van der Waals surface area contributed by atoms with Crippen LogP contribution in [0.5, 0.6) is 0 Å². The highest BCUT2D eigenvalue weighted by atomic mass is 16.3. The molecule has 2 heteroatoms. The first-order valence-corrected chi connectivity index (χ1v) is 6.50. The minimum atomic E-state index is -0.758. The zero-order chi connectivity index (χ0) is 13.3. The fourth-order valence-electron chi connectivity index (χ4n) is 2.30. The van der Waals surface area contributed by atoms with Gasteiger partial charge in [0.15, 0.2) is 0 Å². The number of allylic oxidation sites excluding steroid dienone is 2. The first-order chi connectivity index (χ1) is 7.69.